The SMILES string of the molecule is CC(=O)N1CCOc2ccc(S(=O)(=O)N3CC4=C(CNC4)C3)cc21.Cl. The second-order valence-electron chi connectivity index (χ2n) is 6.23. The topological polar surface area (TPSA) is 79.0 Å². The summed E-state index contributed by atoms with van der Waals surface area (Å²) in [5, 5.41) is 3.24. The Bertz CT molecular complexity index is 837. The molecule has 0 saturated carbocycles. The van der Waals surface area contributed by atoms with E-state index in [9.17, 15) is 13.2 Å². The third kappa shape index (κ3) is 3.03. The van der Waals surface area contributed by atoms with Crippen LogP contribution in [0.3, 0.4) is 0 Å². The van der Waals surface area contributed by atoms with Gasteiger partial charge >= 0.3 is 0 Å². The minimum atomic E-state index is -3.59. The molecule has 7 nitrogen and oxygen atoms in total. The molecule has 3 heterocycles. The van der Waals surface area contributed by atoms with Gasteiger partial charge in [0.15, 0.2) is 0 Å². The van der Waals surface area contributed by atoms with E-state index in [1.54, 1.807) is 23.1 Å². The normalized spacial score (nSPS) is 20.0. The minimum absolute atomic E-state index is 0. The Hall–Kier alpha value is -1.61. The third-order valence-corrected chi connectivity index (χ3v) is 6.51. The smallest absolute Gasteiger partial charge is 0.243 e. The van der Waals surface area contributed by atoms with E-state index in [0.717, 1.165) is 13.1 Å². The molecule has 0 spiro atoms. The number of halogens is 1. The molecule has 0 bridgehead atoms. The van der Waals surface area contributed by atoms with Crippen molar-refractivity contribution in [3.63, 3.8) is 0 Å². The van der Waals surface area contributed by atoms with Gasteiger partial charge in [-0.15, -0.1) is 12.4 Å². The number of hydrogen-bond acceptors (Lipinski definition) is 5. The zero-order valence-electron chi connectivity index (χ0n) is 13.8. The Morgan fingerprint density at radius 1 is 1.20 bits per heavy atom. The molecule has 0 aliphatic carbocycles. The van der Waals surface area contributed by atoms with Crippen LogP contribution in [-0.2, 0) is 14.8 Å². The van der Waals surface area contributed by atoms with E-state index >= 15 is 0 Å². The van der Waals surface area contributed by atoms with Crippen molar-refractivity contribution in [1.29, 1.82) is 0 Å². The molecule has 3 aliphatic heterocycles. The zero-order valence-corrected chi connectivity index (χ0v) is 15.5. The fraction of sp³-hybridized carbons (Fsp3) is 0.438. The number of nitrogens with one attached hydrogen (secondary N) is 1. The molecule has 0 fully saturated rings. The Balaban J connectivity index is 0.00000182. The Labute approximate surface area is 153 Å². The number of fused-ring (bicyclic) bond motifs is 1. The summed E-state index contributed by atoms with van der Waals surface area (Å²) in [6.45, 7) is 4.71. The number of ether oxygens (including phenoxy) is 1. The summed E-state index contributed by atoms with van der Waals surface area (Å²) in [6.07, 6.45) is 0. The maximum Gasteiger partial charge on any atom is 0.243 e. The lowest BCUT2D eigenvalue weighted by atomic mass is 10.2. The van der Waals surface area contributed by atoms with Gasteiger partial charge in [0.05, 0.1) is 17.1 Å². The number of rotatable bonds is 2. The van der Waals surface area contributed by atoms with Crippen LogP contribution in [0.25, 0.3) is 0 Å². The van der Waals surface area contributed by atoms with Gasteiger partial charge in [0.1, 0.15) is 12.4 Å². The molecule has 4 rings (SSSR count). The Morgan fingerprint density at radius 3 is 2.52 bits per heavy atom. The van der Waals surface area contributed by atoms with Crippen LogP contribution >= 0.6 is 12.4 Å². The van der Waals surface area contributed by atoms with Gasteiger partial charge < -0.3 is 15.0 Å². The van der Waals surface area contributed by atoms with Crippen molar-refractivity contribution in [3.8, 4) is 5.75 Å². The Morgan fingerprint density at radius 2 is 1.88 bits per heavy atom. The first kappa shape index (κ1) is 18.2. The van der Waals surface area contributed by atoms with E-state index in [0.29, 0.717) is 37.7 Å². The summed E-state index contributed by atoms with van der Waals surface area (Å²) >= 11 is 0. The first-order valence-electron chi connectivity index (χ1n) is 7.92. The van der Waals surface area contributed by atoms with Gasteiger partial charge in [0.2, 0.25) is 15.9 Å². The predicted molar refractivity (Wildman–Crippen MR) is 95.9 cm³/mol. The van der Waals surface area contributed by atoms with Crippen LogP contribution in [-0.4, -0.2) is 58.0 Å². The van der Waals surface area contributed by atoms with Crippen molar-refractivity contribution in [2.24, 2.45) is 0 Å². The van der Waals surface area contributed by atoms with Crippen LogP contribution in [0.4, 0.5) is 5.69 Å². The molecule has 3 aliphatic rings. The highest BCUT2D eigenvalue weighted by Crippen LogP contribution is 2.35. The third-order valence-electron chi connectivity index (χ3n) is 4.72. The Kier molecular flexibility index (Phi) is 4.80. The molecule has 1 aromatic rings. The summed E-state index contributed by atoms with van der Waals surface area (Å²) in [5.74, 6) is 0.420. The van der Waals surface area contributed by atoms with E-state index in [2.05, 4.69) is 5.32 Å². The van der Waals surface area contributed by atoms with Gasteiger partial charge in [-0.2, -0.15) is 4.31 Å². The number of sulfonamides is 1. The second-order valence-corrected chi connectivity index (χ2v) is 8.17. The molecule has 136 valence electrons. The van der Waals surface area contributed by atoms with Gasteiger partial charge in [-0.3, -0.25) is 4.79 Å². The van der Waals surface area contributed by atoms with Gasteiger partial charge in [0, 0.05) is 33.1 Å². The number of carbonyl (C=O) groups excluding carboxylic acids is 1. The van der Waals surface area contributed by atoms with E-state index in [1.165, 1.54) is 22.4 Å². The average molecular weight is 386 g/mol. The highest BCUT2D eigenvalue weighted by molar-refractivity contribution is 7.89. The van der Waals surface area contributed by atoms with Crippen molar-refractivity contribution in [2.75, 3.05) is 44.2 Å². The van der Waals surface area contributed by atoms with Crippen LogP contribution < -0.4 is 15.0 Å². The molecule has 1 aromatic carbocycles. The fourth-order valence-corrected chi connectivity index (χ4v) is 4.89. The molecule has 0 radical (unpaired) electrons. The van der Waals surface area contributed by atoms with Gasteiger partial charge in [0.25, 0.3) is 0 Å². The number of nitrogens with zero attached hydrogens (tertiary/aromatic N) is 2. The maximum absolute atomic E-state index is 13.0. The summed E-state index contributed by atoms with van der Waals surface area (Å²) in [6, 6.07) is 4.74. The lowest BCUT2D eigenvalue weighted by Gasteiger charge is -2.29. The van der Waals surface area contributed by atoms with Crippen LogP contribution in [0.1, 0.15) is 6.92 Å². The lowest BCUT2D eigenvalue weighted by Crippen LogP contribution is -2.37. The number of anilines is 1. The number of hydrogen-bond donors (Lipinski definition) is 1. The summed E-state index contributed by atoms with van der Waals surface area (Å²) in [4.78, 5) is 13.6. The molecule has 0 saturated heterocycles. The fourth-order valence-electron chi connectivity index (χ4n) is 3.44. The van der Waals surface area contributed by atoms with E-state index in [4.69, 9.17) is 4.74 Å². The largest absolute Gasteiger partial charge is 0.490 e. The van der Waals surface area contributed by atoms with Crippen molar-refractivity contribution in [3.05, 3.63) is 29.3 Å². The first-order valence-corrected chi connectivity index (χ1v) is 9.36. The highest BCUT2D eigenvalue weighted by atomic mass is 35.5. The molecule has 9 heteroatoms. The van der Waals surface area contributed by atoms with Crippen molar-refractivity contribution in [1.82, 2.24) is 9.62 Å². The predicted octanol–water partition coefficient (Wildman–Crippen LogP) is 0.758. The van der Waals surface area contributed by atoms with Crippen LogP contribution in [0.15, 0.2) is 34.2 Å². The average Bonchev–Trinajstić information content (AvgIpc) is 3.15. The lowest BCUT2D eigenvalue weighted by molar-refractivity contribution is -0.116. The molecule has 25 heavy (non-hydrogen) atoms. The molecule has 0 unspecified atom stereocenters. The standard InChI is InChI=1S/C16H19N3O4S.ClH/c1-11(20)19-4-5-23-16-3-2-14(6-15(16)19)24(21,22)18-9-12-7-17-8-13(12)10-18;/h2-3,6,17H,4-5,7-10H2,1H3;1H. The molecule has 0 atom stereocenters. The summed E-state index contributed by atoms with van der Waals surface area (Å²) < 4.78 is 33.0. The van der Waals surface area contributed by atoms with Gasteiger partial charge in [-0.1, -0.05) is 0 Å². The quantitative estimate of drug-likeness (QED) is 0.760. The number of benzene rings is 1. The monoisotopic (exact) mass is 385 g/mol. The van der Waals surface area contributed by atoms with Crippen LogP contribution in [0.5, 0.6) is 5.75 Å². The van der Waals surface area contributed by atoms with Crippen LogP contribution in [0.2, 0.25) is 0 Å². The molecule has 0 aromatic heterocycles. The molecular formula is C16H20ClN3O4S. The van der Waals surface area contributed by atoms with Gasteiger partial charge in [-0.25, -0.2) is 8.42 Å². The number of carbonyl (C=O) groups is 1. The minimum Gasteiger partial charge on any atom is -0.490 e. The van der Waals surface area contributed by atoms with Crippen molar-refractivity contribution in [2.45, 2.75) is 11.8 Å². The molecular weight excluding hydrogens is 366 g/mol. The first-order chi connectivity index (χ1) is 11.5. The number of amides is 1. The van der Waals surface area contributed by atoms with E-state index in [-0.39, 0.29) is 23.2 Å². The van der Waals surface area contributed by atoms with Crippen molar-refractivity contribution < 1.29 is 17.9 Å². The summed E-state index contributed by atoms with van der Waals surface area (Å²) in [7, 11) is -3.59. The highest BCUT2D eigenvalue weighted by Gasteiger charge is 2.34. The molecule has 1 amide bonds. The van der Waals surface area contributed by atoms with Crippen LogP contribution in [0, 0.1) is 0 Å². The molecule has 1 N–H and O–H groups in total. The maximum atomic E-state index is 13.0. The zero-order chi connectivity index (χ0) is 16.9. The summed E-state index contributed by atoms with van der Waals surface area (Å²) in [5.41, 5.74) is 2.87. The van der Waals surface area contributed by atoms with E-state index < -0.39 is 10.0 Å². The second kappa shape index (κ2) is 6.60. The van der Waals surface area contributed by atoms with E-state index in [1.807, 2.05) is 0 Å². The van der Waals surface area contributed by atoms with Gasteiger partial charge in [-0.05, 0) is 29.3 Å². The van der Waals surface area contributed by atoms with Crippen molar-refractivity contribution >= 4 is 34.0 Å².